The van der Waals surface area contributed by atoms with E-state index in [4.69, 9.17) is 30.6 Å². The van der Waals surface area contributed by atoms with E-state index < -0.39 is 37.0 Å². The first-order valence-electron chi connectivity index (χ1n) is 3.47. The summed E-state index contributed by atoms with van der Waals surface area (Å²) in [7, 11) is 0. The predicted octanol–water partition coefficient (Wildman–Crippen LogP) is -3.49. The predicted molar refractivity (Wildman–Crippen MR) is 38.7 cm³/mol. The van der Waals surface area contributed by atoms with Crippen molar-refractivity contribution in [3.8, 4) is 0 Å². The van der Waals surface area contributed by atoms with Crippen LogP contribution in [0.2, 0.25) is 0 Å². The Morgan fingerprint density at radius 1 is 1.08 bits per heavy atom. The van der Waals surface area contributed by atoms with Crippen molar-refractivity contribution in [2.45, 2.75) is 24.4 Å². The number of hydrogen-bond donors (Lipinski definition) is 6. The highest BCUT2D eigenvalue weighted by atomic mass is 16.4. The molecule has 0 saturated heterocycles. The Kier molecular flexibility index (Phi) is 4.81. The van der Waals surface area contributed by atoms with Crippen LogP contribution >= 0.6 is 0 Å². The summed E-state index contributed by atoms with van der Waals surface area (Å²) in [4.78, 5) is 10.1. The van der Waals surface area contributed by atoms with Gasteiger partial charge in [-0.3, -0.25) is 0 Å². The third-order valence-corrected chi connectivity index (χ3v) is 1.51. The molecule has 0 radical (unpaired) electrons. The maximum absolute atomic E-state index is 10.1. The zero-order valence-electron chi connectivity index (χ0n) is 6.61. The van der Waals surface area contributed by atoms with Crippen molar-refractivity contribution in [2.24, 2.45) is 0 Å². The zero-order chi connectivity index (χ0) is 10.6. The molecule has 0 aromatic heterocycles. The number of carboxylic acid groups (broad SMARTS) is 1. The minimum Gasteiger partial charge on any atom is -0.479 e. The first-order valence-corrected chi connectivity index (χ1v) is 3.47. The average Bonchev–Trinajstić information content (AvgIpc) is 2.12. The minimum atomic E-state index is -2.20. The van der Waals surface area contributed by atoms with Crippen LogP contribution in [0, 0.1) is 0 Å². The Morgan fingerprint density at radius 3 is 1.85 bits per heavy atom. The van der Waals surface area contributed by atoms with E-state index in [9.17, 15) is 4.79 Å². The van der Waals surface area contributed by atoms with Crippen LogP contribution in [0.1, 0.15) is 0 Å². The van der Waals surface area contributed by atoms with Gasteiger partial charge in [-0.15, -0.1) is 0 Å². The largest absolute Gasteiger partial charge is 0.479 e. The molecule has 4 atom stereocenters. The SMILES string of the molecule is O=C(O)[C@H](O)[C@H](O)[C@@H](O)[C@@H](O)CO. The van der Waals surface area contributed by atoms with Crippen LogP contribution in [0.25, 0.3) is 0 Å². The van der Waals surface area contributed by atoms with E-state index >= 15 is 0 Å². The second-order valence-electron chi connectivity index (χ2n) is 2.51. The topological polar surface area (TPSA) is 138 Å². The van der Waals surface area contributed by atoms with Gasteiger partial charge in [0.1, 0.15) is 18.3 Å². The second kappa shape index (κ2) is 5.10. The van der Waals surface area contributed by atoms with E-state index in [2.05, 4.69) is 0 Å². The van der Waals surface area contributed by atoms with Crippen LogP contribution in [0.3, 0.4) is 0 Å². The maximum Gasteiger partial charge on any atom is 0.335 e. The van der Waals surface area contributed by atoms with Crippen molar-refractivity contribution in [3.63, 3.8) is 0 Å². The molecule has 0 heterocycles. The highest BCUT2D eigenvalue weighted by Crippen LogP contribution is 2.04. The molecule has 0 fully saturated rings. The van der Waals surface area contributed by atoms with Gasteiger partial charge in [0.25, 0.3) is 0 Å². The van der Waals surface area contributed by atoms with Gasteiger partial charge in [0.15, 0.2) is 6.10 Å². The molecule has 0 aliphatic rings. The summed E-state index contributed by atoms with van der Waals surface area (Å²) in [6, 6.07) is 0. The molecule has 0 aromatic rings. The second-order valence-corrected chi connectivity index (χ2v) is 2.51. The standard InChI is InChI=1S/C6H12O7/c7-1-2(8)3(9)4(10)5(11)6(12)13/h2-5,7-11H,1H2,(H,12,13)/t2-,3-,4+,5+/m0/s1. The number of carboxylic acids is 1. The number of carbonyl (C=O) groups is 1. The van der Waals surface area contributed by atoms with Gasteiger partial charge in [0, 0.05) is 0 Å². The summed E-state index contributed by atoms with van der Waals surface area (Å²) in [6.07, 6.45) is -7.84. The summed E-state index contributed by atoms with van der Waals surface area (Å²) in [5.74, 6) is -1.73. The lowest BCUT2D eigenvalue weighted by atomic mass is 10.0. The molecule has 0 aliphatic heterocycles. The normalized spacial score (nSPS) is 20.4. The van der Waals surface area contributed by atoms with Crippen molar-refractivity contribution in [3.05, 3.63) is 0 Å². The highest BCUT2D eigenvalue weighted by molar-refractivity contribution is 5.72. The lowest BCUT2D eigenvalue weighted by Gasteiger charge is -2.23. The van der Waals surface area contributed by atoms with Gasteiger partial charge in [-0.2, -0.15) is 0 Å². The molecule has 0 unspecified atom stereocenters. The molecule has 0 aromatic carbocycles. The van der Waals surface area contributed by atoms with Crippen LogP contribution in [0.4, 0.5) is 0 Å². The van der Waals surface area contributed by atoms with Gasteiger partial charge in [0.05, 0.1) is 6.61 Å². The van der Waals surface area contributed by atoms with Crippen molar-refractivity contribution in [1.82, 2.24) is 0 Å². The van der Waals surface area contributed by atoms with E-state index in [1.54, 1.807) is 0 Å². The minimum absolute atomic E-state index is 0.843. The summed E-state index contributed by atoms with van der Waals surface area (Å²) >= 11 is 0. The Labute approximate surface area is 73.5 Å². The van der Waals surface area contributed by atoms with E-state index in [1.165, 1.54) is 0 Å². The van der Waals surface area contributed by atoms with E-state index in [1.807, 2.05) is 0 Å². The van der Waals surface area contributed by atoms with Crippen molar-refractivity contribution >= 4 is 5.97 Å². The fourth-order valence-electron chi connectivity index (χ4n) is 0.668. The van der Waals surface area contributed by atoms with Gasteiger partial charge in [-0.05, 0) is 0 Å². The number of aliphatic carboxylic acids is 1. The average molecular weight is 196 g/mol. The first-order chi connectivity index (χ1) is 5.91. The van der Waals surface area contributed by atoms with Crippen LogP contribution in [-0.2, 0) is 4.79 Å². The molecular formula is C6H12O7. The molecule has 0 saturated carbocycles. The molecule has 0 amide bonds. The Hall–Kier alpha value is -0.730. The fourth-order valence-corrected chi connectivity index (χ4v) is 0.668. The molecule has 6 N–H and O–H groups in total. The molecule has 0 spiro atoms. The van der Waals surface area contributed by atoms with Crippen molar-refractivity contribution in [1.29, 1.82) is 0 Å². The molecule has 78 valence electrons. The van der Waals surface area contributed by atoms with E-state index in [-0.39, 0.29) is 0 Å². The van der Waals surface area contributed by atoms with Gasteiger partial charge in [0.2, 0.25) is 0 Å². The third kappa shape index (κ3) is 3.25. The lowest BCUT2D eigenvalue weighted by Crippen LogP contribution is -2.48. The monoisotopic (exact) mass is 196 g/mol. The quantitative estimate of drug-likeness (QED) is 0.268. The van der Waals surface area contributed by atoms with Crippen LogP contribution < -0.4 is 0 Å². The van der Waals surface area contributed by atoms with Gasteiger partial charge in [-0.25, -0.2) is 4.79 Å². The van der Waals surface area contributed by atoms with Gasteiger partial charge in [-0.1, -0.05) is 0 Å². The summed E-state index contributed by atoms with van der Waals surface area (Å²) in [6.45, 7) is -0.843. The molecular weight excluding hydrogens is 184 g/mol. The molecule has 0 bridgehead atoms. The summed E-state index contributed by atoms with van der Waals surface area (Å²) in [5.41, 5.74) is 0. The van der Waals surface area contributed by atoms with E-state index in [0.717, 1.165) is 0 Å². The Bertz CT molecular complexity index is 170. The lowest BCUT2D eigenvalue weighted by molar-refractivity contribution is -0.164. The van der Waals surface area contributed by atoms with Gasteiger partial charge < -0.3 is 30.6 Å². The molecule has 0 aliphatic carbocycles. The summed E-state index contributed by atoms with van der Waals surface area (Å²) < 4.78 is 0. The van der Waals surface area contributed by atoms with Crippen molar-refractivity contribution in [2.75, 3.05) is 6.61 Å². The number of rotatable bonds is 5. The molecule has 7 nitrogen and oxygen atoms in total. The number of hydrogen-bond acceptors (Lipinski definition) is 6. The zero-order valence-corrected chi connectivity index (χ0v) is 6.61. The molecule has 0 rings (SSSR count). The molecule has 13 heavy (non-hydrogen) atoms. The Morgan fingerprint density at radius 2 is 1.54 bits per heavy atom. The third-order valence-electron chi connectivity index (χ3n) is 1.51. The van der Waals surface area contributed by atoms with E-state index in [0.29, 0.717) is 0 Å². The smallest absolute Gasteiger partial charge is 0.335 e. The fraction of sp³-hybridized carbons (Fsp3) is 0.833. The molecule has 7 heteroatoms. The van der Waals surface area contributed by atoms with Crippen molar-refractivity contribution < 1.29 is 35.4 Å². The van der Waals surface area contributed by atoms with Crippen LogP contribution in [0.15, 0.2) is 0 Å². The highest BCUT2D eigenvalue weighted by Gasteiger charge is 2.33. The van der Waals surface area contributed by atoms with Crippen LogP contribution in [-0.4, -0.2) is 67.6 Å². The van der Waals surface area contributed by atoms with Gasteiger partial charge >= 0.3 is 5.97 Å². The first kappa shape index (κ1) is 12.3. The number of aliphatic hydroxyl groups is 5. The summed E-state index contributed by atoms with van der Waals surface area (Å²) in [5, 5.41) is 51.8. The maximum atomic E-state index is 10.1. The Balaban J connectivity index is 4.24. The number of aliphatic hydroxyl groups excluding tert-OH is 5. The van der Waals surface area contributed by atoms with Crippen LogP contribution in [0.5, 0.6) is 0 Å².